The molecule has 0 aliphatic carbocycles. The minimum Gasteiger partial charge on any atom is -0.461 e. The number of ether oxygens (including phenoxy) is 3. The zero-order valence-corrected chi connectivity index (χ0v) is 12.6. The molecule has 1 aromatic rings. The first-order valence-electron chi connectivity index (χ1n) is 5.83. The summed E-state index contributed by atoms with van der Waals surface area (Å²) in [5, 5.41) is 0. The van der Waals surface area contributed by atoms with E-state index in [1.54, 1.807) is 0 Å². The summed E-state index contributed by atoms with van der Waals surface area (Å²) in [7, 11) is 0. The van der Waals surface area contributed by atoms with Gasteiger partial charge in [0.15, 0.2) is 5.79 Å². The van der Waals surface area contributed by atoms with E-state index in [0.29, 0.717) is 19.2 Å². The lowest BCUT2D eigenvalue weighted by molar-refractivity contribution is -0.141. The smallest absolute Gasteiger partial charge is 0.316 e. The van der Waals surface area contributed by atoms with Crippen LogP contribution in [0.25, 0.3) is 0 Å². The van der Waals surface area contributed by atoms with E-state index >= 15 is 0 Å². The van der Waals surface area contributed by atoms with Crippen LogP contribution in [0.3, 0.4) is 0 Å². The molecule has 0 spiro atoms. The van der Waals surface area contributed by atoms with Crippen LogP contribution in [0.4, 0.5) is 0 Å². The van der Waals surface area contributed by atoms with Crippen LogP contribution in [0.2, 0.25) is 0 Å². The molecule has 0 unspecified atom stereocenters. The van der Waals surface area contributed by atoms with Crippen molar-refractivity contribution < 1.29 is 14.2 Å². The van der Waals surface area contributed by atoms with Crippen molar-refractivity contribution in [2.24, 2.45) is 0 Å². The highest BCUT2D eigenvalue weighted by molar-refractivity contribution is 9.10. The predicted octanol–water partition coefficient (Wildman–Crippen LogP) is 2.39. The van der Waals surface area contributed by atoms with E-state index < -0.39 is 5.79 Å². The van der Waals surface area contributed by atoms with Crippen LogP contribution in [0.5, 0.6) is 6.01 Å². The van der Waals surface area contributed by atoms with Gasteiger partial charge in [-0.3, -0.25) is 0 Å². The Morgan fingerprint density at radius 3 is 2.44 bits per heavy atom. The Bertz CT molecular complexity index is 428. The van der Waals surface area contributed by atoms with Gasteiger partial charge in [0.1, 0.15) is 12.7 Å². The van der Waals surface area contributed by atoms with Crippen LogP contribution in [-0.4, -0.2) is 35.1 Å². The third kappa shape index (κ3) is 3.18. The molecule has 100 valence electrons. The molecule has 1 saturated heterocycles. The van der Waals surface area contributed by atoms with Gasteiger partial charge in [-0.05, 0) is 43.6 Å². The second kappa shape index (κ2) is 5.11. The molecule has 0 saturated carbocycles. The van der Waals surface area contributed by atoms with Gasteiger partial charge in [-0.25, -0.2) is 0 Å². The van der Waals surface area contributed by atoms with Crippen LogP contribution in [-0.2, 0) is 9.47 Å². The van der Waals surface area contributed by atoms with Gasteiger partial charge in [-0.2, -0.15) is 9.97 Å². The van der Waals surface area contributed by atoms with Crippen LogP contribution < -0.4 is 4.74 Å². The summed E-state index contributed by atoms with van der Waals surface area (Å²) < 4.78 is 17.6. The van der Waals surface area contributed by atoms with E-state index in [1.807, 2.05) is 27.7 Å². The normalized spacial score (nSPS) is 22.2. The molecule has 18 heavy (non-hydrogen) atoms. The van der Waals surface area contributed by atoms with Gasteiger partial charge in [0.25, 0.3) is 0 Å². The van der Waals surface area contributed by atoms with E-state index in [0.717, 1.165) is 15.9 Å². The molecular weight excluding hydrogens is 300 g/mol. The summed E-state index contributed by atoms with van der Waals surface area (Å²) in [6, 6.07) is 0.376. The van der Waals surface area contributed by atoms with Crippen molar-refractivity contribution in [1.29, 1.82) is 0 Å². The van der Waals surface area contributed by atoms with Crippen molar-refractivity contribution in [3.63, 3.8) is 0 Å². The minimum absolute atomic E-state index is 0.0761. The standard InChI is InChI=1S/C12H17BrN2O3/c1-7-10(13)8(2)15-11(14-7)16-5-9-6-17-12(3,4)18-9/h9H,5-6H2,1-4H3/t9-/m1/s1. The first-order valence-corrected chi connectivity index (χ1v) is 6.62. The fraction of sp³-hybridized carbons (Fsp3) is 0.667. The summed E-state index contributed by atoms with van der Waals surface area (Å²) in [5.41, 5.74) is 1.72. The Morgan fingerprint density at radius 2 is 1.94 bits per heavy atom. The van der Waals surface area contributed by atoms with E-state index in [2.05, 4.69) is 25.9 Å². The Labute approximate surface area is 115 Å². The van der Waals surface area contributed by atoms with Crippen molar-refractivity contribution >= 4 is 15.9 Å². The molecule has 0 radical (unpaired) electrons. The molecular formula is C12H17BrN2O3. The fourth-order valence-corrected chi connectivity index (χ4v) is 1.93. The molecule has 1 fully saturated rings. The highest BCUT2D eigenvalue weighted by Gasteiger charge is 2.33. The maximum absolute atomic E-state index is 5.64. The second-order valence-corrected chi connectivity index (χ2v) is 5.55. The zero-order chi connectivity index (χ0) is 13.3. The lowest BCUT2D eigenvalue weighted by Crippen LogP contribution is -2.25. The monoisotopic (exact) mass is 316 g/mol. The zero-order valence-electron chi connectivity index (χ0n) is 11.0. The van der Waals surface area contributed by atoms with Gasteiger partial charge in [0.2, 0.25) is 0 Å². The average Bonchev–Trinajstić information content (AvgIpc) is 2.63. The molecule has 0 N–H and O–H groups in total. The maximum Gasteiger partial charge on any atom is 0.316 e. The van der Waals surface area contributed by atoms with Crippen molar-refractivity contribution in [3.05, 3.63) is 15.9 Å². The van der Waals surface area contributed by atoms with E-state index in [-0.39, 0.29) is 6.10 Å². The Kier molecular flexibility index (Phi) is 3.89. The maximum atomic E-state index is 5.64. The molecule has 2 rings (SSSR count). The van der Waals surface area contributed by atoms with Crippen molar-refractivity contribution in [2.45, 2.75) is 39.6 Å². The number of aromatic nitrogens is 2. The quantitative estimate of drug-likeness (QED) is 0.857. The summed E-state index contributed by atoms with van der Waals surface area (Å²) in [6.07, 6.45) is -0.0761. The lowest BCUT2D eigenvalue weighted by Gasteiger charge is -2.17. The predicted molar refractivity (Wildman–Crippen MR) is 69.6 cm³/mol. The van der Waals surface area contributed by atoms with Crippen LogP contribution >= 0.6 is 15.9 Å². The topological polar surface area (TPSA) is 53.5 Å². The SMILES string of the molecule is Cc1nc(OC[C@@H]2COC(C)(C)O2)nc(C)c1Br. The van der Waals surface area contributed by atoms with Gasteiger partial charge in [0.05, 0.1) is 22.5 Å². The third-order valence-electron chi connectivity index (χ3n) is 2.63. The van der Waals surface area contributed by atoms with E-state index in [4.69, 9.17) is 14.2 Å². The van der Waals surface area contributed by atoms with Crippen molar-refractivity contribution in [2.75, 3.05) is 13.2 Å². The lowest BCUT2D eigenvalue weighted by atomic mass is 10.3. The molecule has 1 atom stereocenters. The minimum atomic E-state index is -0.527. The molecule has 0 aromatic carbocycles. The first-order chi connectivity index (χ1) is 8.37. The largest absolute Gasteiger partial charge is 0.461 e. The van der Waals surface area contributed by atoms with Crippen LogP contribution in [0, 0.1) is 13.8 Å². The van der Waals surface area contributed by atoms with Gasteiger partial charge in [0, 0.05) is 0 Å². The molecule has 6 heteroatoms. The summed E-state index contributed by atoms with van der Waals surface area (Å²) in [6.45, 7) is 8.51. The van der Waals surface area contributed by atoms with E-state index in [1.165, 1.54) is 0 Å². The van der Waals surface area contributed by atoms with Gasteiger partial charge in [-0.15, -0.1) is 0 Å². The number of hydrogen-bond donors (Lipinski definition) is 0. The molecule has 0 bridgehead atoms. The summed E-state index contributed by atoms with van der Waals surface area (Å²) in [4.78, 5) is 8.51. The Hall–Kier alpha value is -0.720. The molecule has 1 aliphatic heterocycles. The Morgan fingerprint density at radius 1 is 1.33 bits per heavy atom. The number of nitrogens with zero attached hydrogens (tertiary/aromatic N) is 2. The van der Waals surface area contributed by atoms with E-state index in [9.17, 15) is 0 Å². The Balaban J connectivity index is 1.95. The fourth-order valence-electron chi connectivity index (χ4n) is 1.75. The van der Waals surface area contributed by atoms with Crippen molar-refractivity contribution in [1.82, 2.24) is 9.97 Å². The average molecular weight is 317 g/mol. The number of rotatable bonds is 3. The van der Waals surface area contributed by atoms with Gasteiger partial charge >= 0.3 is 6.01 Å². The molecule has 1 aliphatic rings. The van der Waals surface area contributed by atoms with Gasteiger partial charge in [-0.1, -0.05) is 0 Å². The van der Waals surface area contributed by atoms with Crippen LogP contribution in [0.15, 0.2) is 4.47 Å². The molecule has 1 aromatic heterocycles. The number of aryl methyl sites for hydroxylation is 2. The van der Waals surface area contributed by atoms with Crippen LogP contribution in [0.1, 0.15) is 25.2 Å². The second-order valence-electron chi connectivity index (χ2n) is 4.75. The molecule has 0 amide bonds. The highest BCUT2D eigenvalue weighted by Crippen LogP contribution is 2.23. The van der Waals surface area contributed by atoms with Gasteiger partial charge < -0.3 is 14.2 Å². The number of halogens is 1. The molecule has 2 heterocycles. The van der Waals surface area contributed by atoms with Crippen molar-refractivity contribution in [3.8, 4) is 6.01 Å². The number of hydrogen-bond acceptors (Lipinski definition) is 5. The summed E-state index contributed by atoms with van der Waals surface area (Å²) >= 11 is 3.42. The third-order valence-corrected chi connectivity index (χ3v) is 3.78. The summed E-state index contributed by atoms with van der Waals surface area (Å²) in [5.74, 6) is -0.527. The molecule has 5 nitrogen and oxygen atoms in total. The highest BCUT2D eigenvalue weighted by atomic mass is 79.9. The first kappa shape index (κ1) is 13.7.